The highest BCUT2D eigenvalue weighted by Gasteiger charge is 2.41. The van der Waals surface area contributed by atoms with Crippen LogP contribution in [-0.4, -0.2) is 26.1 Å². The van der Waals surface area contributed by atoms with Crippen LogP contribution in [0.15, 0.2) is 60.2 Å². The number of anilines is 1. The maximum Gasteiger partial charge on any atom is 0.351 e. The summed E-state index contributed by atoms with van der Waals surface area (Å²) in [4.78, 5) is 20.9. The van der Waals surface area contributed by atoms with Crippen LogP contribution in [0.3, 0.4) is 0 Å². The summed E-state index contributed by atoms with van der Waals surface area (Å²) >= 11 is 1.47. The van der Waals surface area contributed by atoms with Crippen molar-refractivity contribution in [2.75, 3.05) is 5.43 Å². The maximum atomic E-state index is 14.5. The van der Waals surface area contributed by atoms with Crippen LogP contribution in [0.1, 0.15) is 5.56 Å². The predicted molar refractivity (Wildman–Crippen MR) is 101 cm³/mol. The lowest BCUT2D eigenvalue weighted by Crippen LogP contribution is -2.41. The van der Waals surface area contributed by atoms with Gasteiger partial charge in [0.25, 0.3) is 5.95 Å². The van der Waals surface area contributed by atoms with Gasteiger partial charge in [0.1, 0.15) is 5.69 Å². The SMILES string of the molecule is O=C(NNc1ncc(-c2cccs2)nn1)C(F)(F)c1ccc2ncccc2c1. The van der Waals surface area contributed by atoms with Crippen LogP contribution in [0.4, 0.5) is 14.7 Å². The summed E-state index contributed by atoms with van der Waals surface area (Å²) in [7, 11) is 0. The molecule has 0 fully saturated rings. The van der Waals surface area contributed by atoms with Crippen LogP contribution < -0.4 is 10.9 Å². The van der Waals surface area contributed by atoms with Gasteiger partial charge in [-0.05, 0) is 29.6 Å². The summed E-state index contributed by atoms with van der Waals surface area (Å²) in [6.45, 7) is 0. The van der Waals surface area contributed by atoms with Crippen LogP contribution in [0, 0.1) is 0 Å². The predicted octanol–water partition coefficient (Wildman–Crippen LogP) is 3.38. The molecule has 0 aliphatic rings. The number of rotatable bonds is 5. The average Bonchev–Trinajstić information content (AvgIpc) is 3.27. The van der Waals surface area contributed by atoms with E-state index in [4.69, 9.17) is 0 Å². The van der Waals surface area contributed by atoms with E-state index in [1.807, 2.05) is 22.9 Å². The number of alkyl halides is 2. The minimum Gasteiger partial charge on any atom is -0.266 e. The number of fused-ring (bicyclic) bond motifs is 1. The maximum absolute atomic E-state index is 14.5. The van der Waals surface area contributed by atoms with E-state index >= 15 is 0 Å². The largest absolute Gasteiger partial charge is 0.351 e. The Morgan fingerprint density at radius 3 is 2.71 bits per heavy atom. The van der Waals surface area contributed by atoms with Gasteiger partial charge in [-0.25, -0.2) is 4.98 Å². The van der Waals surface area contributed by atoms with Gasteiger partial charge >= 0.3 is 11.8 Å². The van der Waals surface area contributed by atoms with E-state index in [1.165, 1.54) is 35.7 Å². The number of hydrazine groups is 1. The molecule has 0 aliphatic heterocycles. The molecule has 0 saturated carbocycles. The smallest absolute Gasteiger partial charge is 0.266 e. The molecule has 0 saturated heterocycles. The molecule has 7 nitrogen and oxygen atoms in total. The molecule has 3 heterocycles. The second-order valence-electron chi connectivity index (χ2n) is 5.71. The Hall–Kier alpha value is -3.53. The second-order valence-corrected chi connectivity index (χ2v) is 6.66. The monoisotopic (exact) mass is 398 g/mol. The van der Waals surface area contributed by atoms with Gasteiger partial charge < -0.3 is 0 Å². The van der Waals surface area contributed by atoms with Gasteiger partial charge in [0.2, 0.25) is 0 Å². The minimum absolute atomic E-state index is 0.104. The number of pyridine rings is 1. The molecule has 2 N–H and O–H groups in total. The lowest BCUT2D eigenvalue weighted by atomic mass is 10.1. The number of nitrogens with one attached hydrogen (secondary N) is 2. The first-order valence-electron chi connectivity index (χ1n) is 8.07. The highest BCUT2D eigenvalue weighted by atomic mass is 32.1. The molecule has 140 valence electrons. The number of benzene rings is 1. The van der Waals surface area contributed by atoms with Crippen molar-refractivity contribution in [3.05, 3.63) is 65.8 Å². The molecular formula is C18H12F2N6OS. The standard InChI is InChI=1S/C18H12F2N6OS/c19-18(20,12-5-6-13-11(9-12)3-1-7-21-13)16(27)24-26-17-22-10-14(23-25-17)15-4-2-8-28-15/h1-10H,(H,24,27)(H,22,25,26). The lowest BCUT2D eigenvalue weighted by molar-refractivity contribution is -0.146. The lowest BCUT2D eigenvalue weighted by Gasteiger charge is -2.17. The summed E-state index contributed by atoms with van der Waals surface area (Å²) in [6.07, 6.45) is 3.00. The molecule has 1 amide bonds. The highest BCUT2D eigenvalue weighted by molar-refractivity contribution is 7.13. The number of aromatic nitrogens is 4. The van der Waals surface area contributed by atoms with E-state index < -0.39 is 17.4 Å². The number of amides is 1. The Morgan fingerprint density at radius 2 is 1.96 bits per heavy atom. The summed E-state index contributed by atoms with van der Waals surface area (Å²) in [5, 5.41) is 10.1. The van der Waals surface area contributed by atoms with Gasteiger partial charge in [-0.1, -0.05) is 18.2 Å². The van der Waals surface area contributed by atoms with Crippen molar-refractivity contribution in [2.24, 2.45) is 0 Å². The third kappa shape index (κ3) is 3.49. The Morgan fingerprint density at radius 1 is 1.07 bits per heavy atom. The van der Waals surface area contributed by atoms with E-state index in [0.717, 1.165) is 4.88 Å². The molecular weight excluding hydrogens is 386 g/mol. The third-order valence-electron chi connectivity index (χ3n) is 3.87. The first kappa shape index (κ1) is 17.9. The van der Waals surface area contributed by atoms with E-state index in [2.05, 4.69) is 25.6 Å². The van der Waals surface area contributed by atoms with Gasteiger partial charge in [-0.2, -0.15) is 8.78 Å². The van der Waals surface area contributed by atoms with Crippen LogP contribution >= 0.6 is 11.3 Å². The van der Waals surface area contributed by atoms with Crippen molar-refractivity contribution in [2.45, 2.75) is 5.92 Å². The Balaban J connectivity index is 1.46. The van der Waals surface area contributed by atoms with Crippen molar-refractivity contribution < 1.29 is 13.6 Å². The number of hydrogen-bond acceptors (Lipinski definition) is 7. The zero-order chi connectivity index (χ0) is 19.6. The van der Waals surface area contributed by atoms with Gasteiger partial charge in [-0.15, -0.1) is 21.5 Å². The van der Waals surface area contributed by atoms with Crippen molar-refractivity contribution in [3.63, 3.8) is 0 Å². The van der Waals surface area contributed by atoms with Crippen molar-refractivity contribution in [3.8, 4) is 10.6 Å². The molecule has 10 heteroatoms. The minimum atomic E-state index is -3.76. The molecule has 3 aromatic heterocycles. The molecule has 0 unspecified atom stereocenters. The number of thiophene rings is 1. The average molecular weight is 398 g/mol. The molecule has 1 aromatic carbocycles. The normalized spacial score (nSPS) is 11.4. The van der Waals surface area contributed by atoms with Gasteiger partial charge in [0, 0.05) is 17.1 Å². The first-order chi connectivity index (χ1) is 13.5. The van der Waals surface area contributed by atoms with E-state index in [9.17, 15) is 13.6 Å². The quantitative estimate of drug-likeness (QED) is 0.501. The van der Waals surface area contributed by atoms with Crippen molar-refractivity contribution >= 4 is 34.1 Å². The summed E-state index contributed by atoms with van der Waals surface area (Å²) in [6, 6.07) is 10.8. The number of carbonyl (C=O) groups is 1. The molecule has 0 spiro atoms. The Bertz CT molecular complexity index is 1120. The number of carbonyl (C=O) groups excluding carboxylic acids is 1. The summed E-state index contributed by atoms with van der Waals surface area (Å²) in [5.41, 5.74) is 4.84. The van der Waals surface area contributed by atoms with E-state index in [1.54, 1.807) is 18.3 Å². The Labute approximate surface area is 161 Å². The fraction of sp³-hybridized carbons (Fsp3) is 0.0556. The second kappa shape index (κ2) is 7.24. The molecule has 0 aliphatic carbocycles. The topological polar surface area (TPSA) is 92.7 Å². The van der Waals surface area contributed by atoms with Gasteiger partial charge in [0.15, 0.2) is 0 Å². The molecule has 4 aromatic rings. The van der Waals surface area contributed by atoms with Gasteiger partial charge in [-0.3, -0.25) is 20.6 Å². The van der Waals surface area contributed by atoms with Crippen LogP contribution in [-0.2, 0) is 10.7 Å². The molecule has 28 heavy (non-hydrogen) atoms. The first-order valence-corrected chi connectivity index (χ1v) is 8.95. The van der Waals surface area contributed by atoms with E-state index in [0.29, 0.717) is 16.6 Å². The molecule has 0 bridgehead atoms. The fourth-order valence-corrected chi connectivity index (χ4v) is 3.14. The van der Waals surface area contributed by atoms with Crippen LogP contribution in [0.5, 0.6) is 0 Å². The number of halogens is 2. The Kier molecular flexibility index (Phi) is 4.62. The number of hydrogen-bond donors (Lipinski definition) is 2. The molecule has 4 rings (SSSR count). The van der Waals surface area contributed by atoms with Crippen LogP contribution in [0.2, 0.25) is 0 Å². The summed E-state index contributed by atoms with van der Waals surface area (Å²) < 4.78 is 29.0. The van der Waals surface area contributed by atoms with E-state index in [-0.39, 0.29) is 5.95 Å². The highest BCUT2D eigenvalue weighted by Crippen LogP contribution is 2.30. The zero-order valence-electron chi connectivity index (χ0n) is 14.1. The number of nitrogens with zero attached hydrogens (tertiary/aromatic N) is 4. The van der Waals surface area contributed by atoms with Crippen molar-refractivity contribution in [1.29, 1.82) is 0 Å². The molecule has 0 radical (unpaired) electrons. The summed E-state index contributed by atoms with van der Waals surface area (Å²) in [5.74, 6) is -5.41. The fourth-order valence-electron chi connectivity index (χ4n) is 2.46. The van der Waals surface area contributed by atoms with Crippen molar-refractivity contribution in [1.82, 2.24) is 25.6 Å². The van der Waals surface area contributed by atoms with Crippen LogP contribution in [0.25, 0.3) is 21.5 Å². The third-order valence-corrected chi connectivity index (χ3v) is 4.77. The molecule has 0 atom stereocenters. The zero-order valence-corrected chi connectivity index (χ0v) is 15.0. The van der Waals surface area contributed by atoms with Gasteiger partial charge in [0.05, 0.1) is 16.6 Å².